The van der Waals surface area contributed by atoms with Crippen LogP contribution in [-0.4, -0.2) is 10.8 Å². The van der Waals surface area contributed by atoms with Crippen molar-refractivity contribution in [3.63, 3.8) is 0 Å². The van der Waals surface area contributed by atoms with Gasteiger partial charge in [-0.3, -0.25) is 4.79 Å². The van der Waals surface area contributed by atoms with Gasteiger partial charge in [0.05, 0.1) is 6.26 Å². The first-order valence-electron chi connectivity index (χ1n) is 5.28. The zero-order chi connectivity index (χ0) is 11.7. The third-order valence-corrected chi connectivity index (χ3v) is 2.62. The van der Waals surface area contributed by atoms with Crippen molar-refractivity contribution in [3.8, 4) is 0 Å². The van der Waals surface area contributed by atoms with E-state index in [1.807, 2.05) is 30.3 Å². The van der Waals surface area contributed by atoms with E-state index in [0.717, 1.165) is 5.39 Å². The summed E-state index contributed by atoms with van der Waals surface area (Å²) in [5.41, 5.74) is 1.52. The van der Waals surface area contributed by atoms with Gasteiger partial charge in [-0.1, -0.05) is 30.3 Å². The Morgan fingerprint density at radius 3 is 2.71 bits per heavy atom. The zero-order valence-corrected chi connectivity index (χ0v) is 8.96. The van der Waals surface area contributed by atoms with E-state index in [4.69, 9.17) is 4.42 Å². The fraction of sp³-hybridized carbons (Fsp3) is 0. The van der Waals surface area contributed by atoms with Crippen molar-refractivity contribution < 1.29 is 9.21 Å². The van der Waals surface area contributed by atoms with Crippen LogP contribution in [0, 0.1) is 0 Å². The van der Waals surface area contributed by atoms with Crippen LogP contribution in [0.5, 0.6) is 0 Å². The highest BCUT2D eigenvalue weighted by atomic mass is 16.3. The molecule has 0 aliphatic heterocycles. The molecule has 82 valence electrons. The molecule has 3 rings (SSSR count). The Labute approximate surface area is 97.7 Å². The van der Waals surface area contributed by atoms with E-state index in [1.54, 1.807) is 24.6 Å². The highest BCUT2D eigenvalue weighted by Crippen LogP contribution is 2.20. The first-order valence-corrected chi connectivity index (χ1v) is 5.28. The Bertz CT molecular complexity index is 671. The van der Waals surface area contributed by atoms with Crippen molar-refractivity contribution in [2.75, 3.05) is 0 Å². The lowest BCUT2D eigenvalue weighted by Crippen LogP contribution is -2.03. The van der Waals surface area contributed by atoms with E-state index in [9.17, 15) is 4.79 Å². The molecule has 0 atom stereocenters. The lowest BCUT2D eigenvalue weighted by atomic mass is 10.1. The van der Waals surface area contributed by atoms with Gasteiger partial charge in [-0.15, -0.1) is 0 Å². The molecule has 3 heteroatoms. The van der Waals surface area contributed by atoms with Crippen LogP contribution in [0.1, 0.15) is 16.1 Å². The number of aromatic nitrogens is 1. The number of carbonyl (C=O) groups excluding carboxylic acids is 1. The number of ketones is 1. The number of fused-ring (bicyclic) bond motifs is 1. The Kier molecular flexibility index (Phi) is 2.22. The molecule has 0 fully saturated rings. The fourth-order valence-electron chi connectivity index (χ4n) is 1.78. The first kappa shape index (κ1) is 9.78. The third-order valence-electron chi connectivity index (χ3n) is 2.62. The van der Waals surface area contributed by atoms with E-state index in [-0.39, 0.29) is 5.78 Å². The molecule has 0 spiro atoms. The monoisotopic (exact) mass is 223 g/mol. The van der Waals surface area contributed by atoms with Gasteiger partial charge in [0, 0.05) is 17.1 Å². The molecule has 2 heterocycles. The van der Waals surface area contributed by atoms with Gasteiger partial charge in [-0.2, -0.15) is 0 Å². The zero-order valence-electron chi connectivity index (χ0n) is 8.96. The van der Waals surface area contributed by atoms with Crippen LogP contribution in [-0.2, 0) is 0 Å². The van der Waals surface area contributed by atoms with E-state index < -0.39 is 0 Å². The number of nitrogens with zero attached hydrogens (tertiary/aromatic N) is 1. The lowest BCUT2D eigenvalue weighted by Gasteiger charge is -2.00. The first-order chi connectivity index (χ1) is 8.36. The van der Waals surface area contributed by atoms with Crippen LogP contribution < -0.4 is 0 Å². The molecule has 0 radical (unpaired) electrons. The van der Waals surface area contributed by atoms with Crippen LogP contribution >= 0.6 is 0 Å². The average molecular weight is 223 g/mol. The fourth-order valence-corrected chi connectivity index (χ4v) is 1.78. The normalized spacial score (nSPS) is 10.6. The molecular weight excluding hydrogens is 214 g/mol. The highest BCUT2D eigenvalue weighted by molar-refractivity contribution is 6.13. The Morgan fingerprint density at radius 2 is 1.88 bits per heavy atom. The minimum Gasteiger partial charge on any atom is -0.462 e. The Morgan fingerprint density at radius 1 is 1.06 bits per heavy atom. The summed E-state index contributed by atoms with van der Waals surface area (Å²) in [5, 5.41) is 0.888. The van der Waals surface area contributed by atoms with Gasteiger partial charge in [-0.25, -0.2) is 4.98 Å². The molecule has 3 nitrogen and oxygen atoms in total. The van der Waals surface area contributed by atoms with Crippen molar-refractivity contribution in [3.05, 3.63) is 66.2 Å². The van der Waals surface area contributed by atoms with Crippen molar-refractivity contribution in [2.45, 2.75) is 0 Å². The number of pyridine rings is 1. The number of hydrogen-bond acceptors (Lipinski definition) is 3. The van der Waals surface area contributed by atoms with E-state index in [2.05, 4.69) is 4.98 Å². The van der Waals surface area contributed by atoms with Crippen LogP contribution in [0.15, 0.2) is 59.3 Å². The van der Waals surface area contributed by atoms with Crippen molar-refractivity contribution in [1.82, 2.24) is 4.98 Å². The molecule has 0 bridgehead atoms. The van der Waals surface area contributed by atoms with Crippen LogP contribution in [0.4, 0.5) is 0 Å². The summed E-state index contributed by atoms with van der Waals surface area (Å²) in [6.07, 6.45) is 3.18. The molecule has 17 heavy (non-hydrogen) atoms. The van der Waals surface area contributed by atoms with Gasteiger partial charge >= 0.3 is 0 Å². The summed E-state index contributed by atoms with van der Waals surface area (Å²) in [7, 11) is 0. The number of benzene rings is 1. The van der Waals surface area contributed by atoms with Gasteiger partial charge in [0.1, 0.15) is 0 Å². The molecule has 0 aliphatic rings. The SMILES string of the molecule is O=C(c1ccccc1)c1nccc2ccoc12. The topological polar surface area (TPSA) is 43.1 Å². The predicted molar refractivity (Wildman–Crippen MR) is 63.9 cm³/mol. The molecule has 0 saturated heterocycles. The summed E-state index contributed by atoms with van der Waals surface area (Å²) in [6.45, 7) is 0. The third kappa shape index (κ3) is 1.61. The second-order valence-electron chi connectivity index (χ2n) is 3.69. The highest BCUT2D eigenvalue weighted by Gasteiger charge is 2.15. The van der Waals surface area contributed by atoms with Crippen LogP contribution in [0.3, 0.4) is 0 Å². The molecule has 0 aliphatic carbocycles. The quantitative estimate of drug-likeness (QED) is 0.627. The van der Waals surface area contributed by atoms with Crippen LogP contribution in [0.2, 0.25) is 0 Å². The summed E-state index contributed by atoms with van der Waals surface area (Å²) < 4.78 is 5.31. The molecule has 0 unspecified atom stereocenters. The van der Waals surface area contributed by atoms with Gasteiger partial charge in [0.25, 0.3) is 0 Å². The molecule has 0 N–H and O–H groups in total. The van der Waals surface area contributed by atoms with Crippen LogP contribution in [0.25, 0.3) is 11.0 Å². The molecule has 0 saturated carbocycles. The maximum Gasteiger partial charge on any atom is 0.215 e. The number of rotatable bonds is 2. The predicted octanol–water partition coefficient (Wildman–Crippen LogP) is 3.06. The summed E-state index contributed by atoms with van der Waals surface area (Å²) in [4.78, 5) is 16.3. The molecule has 3 aromatic rings. The summed E-state index contributed by atoms with van der Waals surface area (Å²) in [5.74, 6) is -0.119. The number of hydrogen-bond donors (Lipinski definition) is 0. The Hall–Kier alpha value is -2.42. The van der Waals surface area contributed by atoms with Gasteiger partial charge in [0.2, 0.25) is 5.78 Å². The molecule has 1 aromatic carbocycles. The molecule has 2 aromatic heterocycles. The minimum absolute atomic E-state index is 0.119. The maximum atomic E-state index is 12.2. The average Bonchev–Trinajstić information content (AvgIpc) is 2.87. The van der Waals surface area contributed by atoms with Gasteiger partial charge in [-0.05, 0) is 12.1 Å². The standard InChI is InChI=1S/C14H9NO2/c16-13(10-4-2-1-3-5-10)12-14-11(6-8-15-12)7-9-17-14/h1-9H. The smallest absolute Gasteiger partial charge is 0.215 e. The minimum atomic E-state index is -0.119. The largest absolute Gasteiger partial charge is 0.462 e. The lowest BCUT2D eigenvalue weighted by molar-refractivity contribution is 0.103. The van der Waals surface area contributed by atoms with Crippen molar-refractivity contribution in [1.29, 1.82) is 0 Å². The van der Waals surface area contributed by atoms with Gasteiger partial charge in [0.15, 0.2) is 11.3 Å². The molecule has 0 amide bonds. The van der Waals surface area contributed by atoms with Crippen molar-refractivity contribution >= 4 is 16.8 Å². The second-order valence-corrected chi connectivity index (χ2v) is 3.69. The Balaban J connectivity index is 2.16. The van der Waals surface area contributed by atoms with E-state index in [1.165, 1.54) is 0 Å². The summed E-state index contributed by atoms with van der Waals surface area (Å²) in [6, 6.07) is 12.7. The maximum absolute atomic E-state index is 12.2. The number of carbonyl (C=O) groups is 1. The molecular formula is C14H9NO2. The summed E-state index contributed by atoms with van der Waals surface area (Å²) >= 11 is 0. The van der Waals surface area contributed by atoms with E-state index in [0.29, 0.717) is 16.8 Å². The van der Waals surface area contributed by atoms with E-state index >= 15 is 0 Å². The second kappa shape index (κ2) is 3.87. The number of furan rings is 1. The van der Waals surface area contributed by atoms with Crippen molar-refractivity contribution in [2.24, 2.45) is 0 Å². The van der Waals surface area contributed by atoms with Gasteiger partial charge < -0.3 is 4.42 Å².